The highest BCUT2D eigenvalue weighted by Crippen LogP contribution is 2.66. The highest BCUT2D eigenvalue weighted by Gasteiger charge is 2.98. The molecule has 0 spiro atoms. The van der Waals surface area contributed by atoms with E-state index in [1.165, 1.54) is 0 Å². The summed E-state index contributed by atoms with van der Waals surface area (Å²) in [6.07, 6.45) is -7.19. The minimum atomic E-state index is -7.23. The summed E-state index contributed by atoms with van der Waals surface area (Å²) >= 11 is 0. The Kier molecular flexibility index (Phi) is 6.19. The monoisotopic (exact) mass is 471 g/mol. The number of likely N-dealkylation sites (tertiary alicyclic amines) is 1. The van der Waals surface area contributed by atoms with Gasteiger partial charge in [-0.3, -0.25) is 0 Å². The van der Waals surface area contributed by atoms with Crippen LogP contribution in [0.4, 0.5) is 52.7 Å². The lowest BCUT2D eigenvalue weighted by Crippen LogP contribution is -2.70. The van der Waals surface area contributed by atoms with Crippen molar-refractivity contribution in [3.63, 3.8) is 0 Å². The molecule has 30 heavy (non-hydrogen) atoms. The highest BCUT2D eigenvalue weighted by atomic mass is 19.4. The minimum absolute atomic E-state index is 0.294. The van der Waals surface area contributed by atoms with Gasteiger partial charge in [0.2, 0.25) is 0 Å². The molecule has 1 unspecified atom stereocenters. The summed E-state index contributed by atoms with van der Waals surface area (Å²) < 4.78 is 168. The van der Waals surface area contributed by atoms with Crippen LogP contribution >= 0.6 is 0 Å². The van der Waals surface area contributed by atoms with Crippen LogP contribution < -0.4 is 0 Å². The van der Waals surface area contributed by atoms with Gasteiger partial charge in [-0.15, -0.1) is 4.90 Å². The lowest BCUT2D eigenvalue weighted by atomic mass is 10.2. The molecule has 1 atom stereocenters. The van der Waals surface area contributed by atoms with Gasteiger partial charge in [0.15, 0.2) is 0 Å². The van der Waals surface area contributed by atoms with Gasteiger partial charge < -0.3 is 9.47 Å². The second kappa shape index (κ2) is 7.19. The molecule has 1 saturated heterocycles. The summed E-state index contributed by atoms with van der Waals surface area (Å²) in [5.74, 6) is -26.3. The number of hydrogen-bond donors (Lipinski definition) is 0. The van der Waals surface area contributed by atoms with E-state index in [0.29, 0.717) is 0 Å². The maximum Gasteiger partial charge on any atom is 0.448 e. The molecule has 0 aliphatic carbocycles. The molecule has 0 aromatic heterocycles. The summed E-state index contributed by atoms with van der Waals surface area (Å²) in [6.45, 7) is 1.34. The van der Waals surface area contributed by atoms with Crippen LogP contribution in [0.15, 0.2) is 12.2 Å². The molecule has 0 N–H and O–H groups in total. The first-order valence-electron chi connectivity index (χ1n) is 7.19. The maximum atomic E-state index is 14.4. The van der Waals surface area contributed by atoms with E-state index in [4.69, 9.17) is 0 Å². The second-order valence-corrected chi connectivity index (χ2v) is 5.74. The molecular weight excluding hydrogens is 462 g/mol. The van der Waals surface area contributed by atoms with E-state index >= 15 is 0 Å². The van der Waals surface area contributed by atoms with E-state index in [-0.39, 0.29) is 5.57 Å². The van der Waals surface area contributed by atoms with E-state index in [1.54, 1.807) is 0 Å². The summed E-state index contributed by atoms with van der Waals surface area (Å²) in [5, 5.41) is 0. The van der Waals surface area contributed by atoms with Crippen LogP contribution in [0.5, 0.6) is 0 Å². The van der Waals surface area contributed by atoms with Crippen LogP contribution in [0.25, 0.3) is 0 Å². The molecule has 1 heterocycles. The third kappa shape index (κ3) is 3.35. The summed E-state index contributed by atoms with van der Waals surface area (Å²) in [6, 6.07) is -14.4. The molecular formula is C13H9F12NO4. The first-order valence-corrected chi connectivity index (χ1v) is 7.19. The van der Waals surface area contributed by atoms with Gasteiger partial charge in [-0.1, -0.05) is 6.58 Å². The molecule has 174 valence electrons. The topological polar surface area (TPSA) is 55.8 Å². The SMILES string of the molecule is C=C(C)C(=O)OCCOC(=O)C(F)(N1C(F)(F)C(F)(F)C(F)(F)C1(F)F)C(F)(F)F. The minimum Gasteiger partial charge on any atom is -0.459 e. The summed E-state index contributed by atoms with van der Waals surface area (Å²) in [5.41, 5.74) is -0.294. The summed E-state index contributed by atoms with van der Waals surface area (Å²) in [4.78, 5) is 18.8. The zero-order valence-corrected chi connectivity index (χ0v) is 14.2. The highest BCUT2D eigenvalue weighted by molar-refractivity contribution is 5.87. The Hall–Kier alpha value is -2.20. The number of ether oxygens (including phenoxy) is 2. The quantitative estimate of drug-likeness (QED) is 0.195. The third-order valence-electron chi connectivity index (χ3n) is 3.56. The van der Waals surface area contributed by atoms with Gasteiger partial charge in [-0.05, 0) is 6.92 Å². The molecule has 1 fully saturated rings. The number of alkyl halides is 12. The van der Waals surface area contributed by atoms with Crippen molar-refractivity contribution >= 4 is 11.9 Å². The molecule has 0 amide bonds. The predicted molar refractivity (Wildman–Crippen MR) is 68.3 cm³/mol. The molecule has 0 saturated carbocycles. The Morgan fingerprint density at radius 3 is 1.53 bits per heavy atom. The van der Waals surface area contributed by atoms with E-state index in [1.807, 2.05) is 0 Å². The lowest BCUT2D eigenvalue weighted by molar-refractivity contribution is -0.384. The third-order valence-corrected chi connectivity index (χ3v) is 3.56. The Bertz CT molecular complexity index is 708. The fraction of sp³-hybridized carbons (Fsp3) is 0.692. The fourth-order valence-corrected chi connectivity index (χ4v) is 2.04. The van der Waals surface area contributed by atoms with Gasteiger partial charge >= 0.3 is 47.8 Å². The van der Waals surface area contributed by atoms with Crippen molar-refractivity contribution in [3.05, 3.63) is 12.2 Å². The Morgan fingerprint density at radius 1 is 0.833 bits per heavy atom. The molecule has 1 aliphatic rings. The zero-order valence-electron chi connectivity index (χ0n) is 14.2. The smallest absolute Gasteiger partial charge is 0.448 e. The van der Waals surface area contributed by atoms with Gasteiger partial charge in [0.1, 0.15) is 13.2 Å². The second-order valence-electron chi connectivity index (χ2n) is 5.74. The first kappa shape index (κ1) is 25.8. The molecule has 1 aliphatic heterocycles. The molecule has 0 bridgehead atoms. The average molecular weight is 471 g/mol. The van der Waals surface area contributed by atoms with Crippen molar-refractivity contribution in [2.45, 2.75) is 42.8 Å². The molecule has 0 aromatic carbocycles. The van der Waals surface area contributed by atoms with Crippen LogP contribution in [-0.4, -0.2) is 66.0 Å². The van der Waals surface area contributed by atoms with Crippen LogP contribution in [0.1, 0.15) is 6.92 Å². The maximum absolute atomic E-state index is 14.4. The van der Waals surface area contributed by atoms with Gasteiger partial charge in [0.25, 0.3) is 0 Å². The van der Waals surface area contributed by atoms with Crippen LogP contribution in [0.2, 0.25) is 0 Å². The van der Waals surface area contributed by atoms with E-state index in [0.717, 1.165) is 6.92 Å². The van der Waals surface area contributed by atoms with E-state index in [2.05, 4.69) is 16.1 Å². The van der Waals surface area contributed by atoms with Crippen molar-refractivity contribution in [1.29, 1.82) is 0 Å². The molecule has 0 radical (unpaired) electrons. The summed E-state index contributed by atoms with van der Waals surface area (Å²) in [7, 11) is 0. The molecule has 17 heteroatoms. The number of hydrogen-bond acceptors (Lipinski definition) is 5. The molecule has 1 rings (SSSR count). The van der Waals surface area contributed by atoms with Crippen LogP contribution in [-0.2, 0) is 19.1 Å². The predicted octanol–water partition coefficient (Wildman–Crippen LogP) is 3.65. The van der Waals surface area contributed by atoms with Crippen molar-refractivity contribution in [2.75, 3.05) is 13.2 Å². The van der Waals surface area contributed by atoms with Gasteiger partial charge in [0, 0.05) is 5.57 Å². The van der Waals surface area contributed by atoms with Crippen LogP contribution in [0, 0.1) is 0 Å². The Balaban J connectivity index is 3.36. The largest absolute Gasteiger partial charge is 0.459 e. The Morgan fingerprint density at radius 2 is 1.20 bits per heavy atom. The lowest BCUT2D eigenvalue weighted by Gasteiger charge is -2.38. The first-order chi connectivity index (χ1) is 13.1. The van der Waals surface area contributed by atoms with E-state index < -0.39 is 66.0 Å². The van der Waals surface area contributed by atoms with Crippen molar-refractivity contribution < 1.29 is 71.7 Å². The molecule has 5 nitrogen and oxygen atoms in total. The van der Waals surface area contributed by atoms with E-state index in [9.17, 15) is 62.3 Å². The van der Waals surface area contributed by atoms with Gasteiger partial charge in [0.05, 0.1) is 0 Å². The molecule has 0 aromatic rings. The number of halogens is 12. The van der Waals surface area contributed by atoms with Crippen molar-refractivity contribution in [3.8, 4) is 0 Å². The average Bonchev–Trinajstić information content (AvgIpc) is 2.62. The fourth-order valence-electron chi connectivity index (χ4n) is 2.04. The van der Waals surface area contributed by atoms with Gasteiger partial charge in [-0.25, -0.2) is 14.0 Å². The van der Waals surface area contributed by atoms with Crippen LogP contribution in [0.3, 0.4) is 0 Å². The Labute approximate surface area is 158 Å². The number of nitrogens with zero attached hydrogens (tertiary/aromatic N) is 1. The number of carbonyl (C=O) groups excluding carboxylic acids is 2. The van der Waals surface area contributed by atoms with Crippen molar-refractivity contribution in [1.82, 2.24) is 4.90 Å². The number of rotatable bonds is 6. The number of esters is 2. The van der Waals surface area contributed by atoms with Gasteiger partial charge in [-0.2, -0.15) is 48.3 Å². The van der Waals surface area contributed by atoms with Crippen molar-refractivity contribution in [2.24, 2.45) is 0 Å². The normalized spacial score (nSPS) is 24.0. The number of carbonyl (C=O) groups is 2. The zero-order chi connectivity index (χ0) is 24.1. The standard InChI is InChI=1S/C13H9F12NO4/c1-5(2)6(27)29-3-4-30-7(28)8(14,11(19,20)21)26-12(22,23)9(15,16)10(17,18)13(26,24)25/h1,3-4H2,2H3.